The van der Waals surface area contributed by atoms with Gasteiger partial charge in [0.1, 0.15) is 11.5 Å². The number of sulfonamides is 1. The predicted octanol–water partition coefficient (Wildman–Crippen LogP) is 2.84. The highest BCUT2D eigenvalue weighted by atomic mass is 35.5. The summed E-state index contributed by atoms with van der Waals surface area (Å²) in [5.41, 5.74) is 0.655. The minimum absolute atomic E-state index is 0.117. The van der Waals surface area contributed by atoms with E-state index in [0.29, 0.717) is 29.2 Å². The molecule has 0 amide bonds. The Morgan fingerprint density at radius 2 is 1.65 bits per heavy atom. The molecular weight excluding hydrogens is 398 g/mol. The Bertz CT molecular complexity index is 930. The van der Waals surface area contributed by atoms with Crippen LogP contribution in [-0.4, -0.2) is 39.5 Å². The summed E-state index contributed by atoms with van der Waals surface area (Å²) in [5, 5.41) is 0.00306. The highest BCUT2D eigenvalue weighted by Crippen LogP contribution is 2.24. The molecule has 1 aromatic heterocycles. The number of halogens is 1. The number of rotatable bonds is 6. The minimum Gasteiger partial charge on any atom is -0.468 e. The first-order valence-corrected chi connectivity index (χ1v) is 11.9. The molecule has 1 aliphatic heterocycles. The molecule has 6 nitrogen and oxygen atoms in total. The first-order chi connectivity index (χ1) is 12.3. The highest BCUT2D eigenvalue weighted by molar-refractivity contribution is 7.91. The zero-order chi connectivity index (χ0) is 18.8. The number of hydrogen-bond donors (Lipinski definition) is 0. The first-order valence-electron chi connectivity index (χ1n) is 8.22. The number of sulfone groups is 1. The lowest BCUT2D eigenvalue weighted by Crippen LogP contribution is -2.43. The standard InChI is InChI=1S/C17H20ClNO5S2/c18-15-5-3-14(4-6-15)12-26(22,23)19-9-7-17(8-10-19)25(20,21)13-16-2-1-11-24-16/h1-6,11,17H,7-10,12-13H2. The molecule has 2 heterocycles. The molecule has 0 saturated carbocycles. The third kappa shape index (κ3) is 4.68. The Balaban J connectivity index is 1.61. The molecular formula is C17H20ClNO5S2. The van der Waals surface area contributed by atoms with Crippen molar-refractivity contribution in [2.45, 2.75) is 29.6 Å². The van der Waals surface area contributed by atoms with Crippen LogP contribution in [0, 0.1) is 0 Å². The van der Waals surface area contributed by atoms with Crippen LogP contribution < -0.4 is 0 Å². The molecule has 1 aliphatic rings. The van der Waals surface area contributed by atoms with E-state index in [9.17, 15) is 16.8 Å². The van der Waals surface area contributed by atoms with Crippen molar-refractivity contribution >= 4 is 31.5 Å². The number of furan rings is 1. The summed E-state index contributed by atoms with van der Waals surface area (Å²) < 4.78 is 56.6. The predicted molar refractivity (Wildman–Crippen MR) is 100 cm³/mol. The fraction of sp³-hybridized carbons (Fsp3) is 0.412. The summed E-state index contributed by atoms with van der Waals surface area (Å²) in [4.78, 5) is 0. The first kappa shape index (κ1) is 19.4. The molecule has 1 aromatic carbocycles. The fourth-order valence-corrected chi connectivity index (χ4v) is 6.48. The van der Waals surface area contributed by atoms with Gasteiger partial charge in [0.2, 0.25) is 10.0 Å². The van der Waals surface area contributed by atoms with E-state index in [1.165, 1.54) is 10.6 Å². The minimum atomic E-state index is -3.49. The zero-order valence-corrected chi connectivity index (χ0v) is 16.4. The lowest BCUT2D eigenvalue weighted by atomic mass is 10.2. The van der Waals surface area contributed by atoms with Gasteiger partial charge in [0, 0.05) is 18.1 Å². The average molecular weight is 418 g/mol. The summed E-state index contributed by atoms with van der Waals surface area (Å²) >= 11 is 5.82. The van der Waals surface area contributed by atoms with Crippen LogP contribution in [0.4, 0.5) is 0 Å². The zero-order valence-electron chi connectivity index (χ0n) is 14.0. The van der Waals surface area contributed by atoms with Crippen LogP contribution in [0.3, 0.4) is 0 Å². The maximum atomic E-state index is 12.6. The topological polar surface area (TPSA) is 84.7 Å². The van der Waals surface area contributed by atoms with E-state index >= 15 is 0 Å². The molecule has 1 saturated heterocycles. The number of piperidine rings is 1. The maximum absolute atomic E-state index is 12.6. The van der Waals surface area contributed by atoms with Gasteiger partial charge in [-0.05, 0) is 42.7 Å². The van der Waals surface area contributed by atoms with Crippen molar-refractivity contribution in [2.24, 2.45) is 0 Å². The number of hydrogen-bond acceptors (Lipinski definition) is 5. The second-order valence-corrected chi connectivity index (χ2v) is 11.1. The van der Waals surface area contributed by atoms with Gasteiger partial charge in [-0.1, -0.05) is 23.7 Å². The largest absolute Gasteiger partial charge is 0.468 e. The van der Waals surface area contributed by atoms with Crippen LogP contribution >= 0.6 is 11.6 Å². The third-order valence-corrected chi connectivity index (χ3v) is 8.76. The SMILES string of the molecule is O=S(=O)(Cc1ccco1)C1CCN(S(=O)(=O)Cc2ccc(Cl)cc2)CC1. The summed E-state index contributed by atoms with van der Waals surface area (Å²) in [6.45, 7) is 0.413. The smallest absolute Gasteiger partial charge is 0.218 e. The van der Waals surface area contributed by atoms with E-state index in [1.807, 2.05) is 0 Å². The van der Waals surface area contributed by atoms with E-state index in [-0.39, 0.29) is 24.6 Å². The van der Waals surface area contributed by atoms with E-state index in [2.05, 4.69) is 0 Å². The van der Waals surface area contributed by atoms with Crippen molar-refractivity contribution in [3.05, 3.63) is 59.0 Å². The van der Waals surface area contributed by atoms with Crippen LogP contribution in [0.5, 0.6) is 0 Å². The highest BCUT2D eigenvalue weighted by Gasteiger charge is 2.34. The Morgan fingerprint density at radius 3 is 2.23 bits per heavy atom. The van der Waals surface area contributed by atoms with E-state index in [0.717, 1.165) is 0 Å². The maximum Gasteiger partial charge on any atom is 0.218 e. The molecule has 0 N–H and O–H groups in total. The van der Waals surface area contributed by atoms with E-state index < -0.39 is 25.1 Å². The second-order valence-electron chi connectivity index (χ2n) is 6.37. The molecule has 0 bridgehead atoms. The summed E-state index contributed by atoms with van der Waals surface area (Å²) in [5.74, 6) is 0.138. The van der Waals surface area contributed by atoms with Crippen molar-refractivity contribution in [1.82, 2.24) is 4.31 Å². The Labute approximate surface area is 158 Å². The summed E-state index contributed by atoms with van der Waals surface area (Å²) in [6.07, 6.45) is 2.03. The van der Waals surface area contributed by atoms with Gasteiger partial charge in [-0.15, -0.1) is 0 Å². The Morgan fingerprint density at radius 1 is 1.00 bits per heavy atom. The fourth-order valence-electron chi connectivity index (χ4n) is 3.06. The molecule has 0 unspecified atom stereocenters. The molecule has 0 aliphatic carbocycles. The quantitative estimate of drug-likeness (QED) is 0.721. The normalized spacial score (nSPS) is 17.4. The monoisotopic (exact) mass is 417 g/mol. The molecule has 1 fully saturated rings. The van der Waals surface area contributed by atoms with Crippen LogP contribution in [-0.2, 0) is 31.4 Å². The average Bonchev–Trinajstić information content (AvgIpc) is 3.09. The van der Waals surface area contributed by atoms with Gasteiger partial charge in [0.05, 0.1) is 17.3 Å². The van der Waals surface area contributed by atoms with Gasteiger partial charge < -0.3 is 4.42 Å². The van der Waals surface area contributed by atoms with Crippen molar-refractivity contribution in [2.75, 3.05) is 13.1 Å². The lowest BCUT2D eigenvalue weighted by Gasteiger charge is -2.30. The summed E-state index contributed by atoms with van der Waals surface area (Å²) in [7, 11) is -6.86. The summed E-state index contributed by atoms with van der Waals surface area (Å²) in [6, 6.07) is 9.95. The molecule has 2 aromatic rings. The lowest BCUT2D eigenvalue weighted by molar-refractivity contribution is 0.344. The number of nitrogens with zero attached hydrogens (tertiary/aromatic N) is 1. The van der Waals surface area contributed by atoms with Crippen LogP contribution in [0.2, 0.25) is 5.02 Å². The van der Waals surface area contributed by atoms with Crippen LogP contribution in [0.25, 0.3) is 0 Å². The van der Waals surface area contributed by atoms with E-state index in [1.54, 1.807) is 36.4 Å². The van der Waals surface area contributed by atoms with Gasteiger partial charge in [0.25, 0.3) is 0 Å². The third-order valence-electron chi connectivity index (χ3n) is 4.49. The molecule has 9 heteroatoms. The molecule has 0 atom stereocenters. The van der Waals surface area contributed by atoms with Gasteiger partial charge in [-0.25, -0.2) is 21.1 Å². The van der Waals surface area contributed by atoms with Gasteiger partial charge in [-0.2, -0.15) is 0 Å². The van der Waals surface area contributed by atoms with Crippen molar-refractivity contribution in [3.63, 3.8) is 0 Å². The Kier molecular flexibility index (Phi) is 5.76. The molecule has 0 spiro atoms. The van der Waals surface area contributed by atoms with Gasteiger partial charge in [-0.3, -0.25) is 0 Å². The Hall–Kier alpha value is -1.35. The second kappa shape index (κ2) is 7.72. The van der Waals surface area contributed by atoms with Crippen molar-refractivity contribution in [3.8, 4) is 0 Å². The van der Waals surface area contributed by atoms with Crippen LogP contribution in [0.15, 0.2) is 47.1 Å². The van der Waals surface area contributed by atoms with Gasteiger partial charge in [0.15, 0.2) is 9.84 Å². The molecule has 3 rings (SSSR count). The number of benzene rings is 1. The van der Waals surface area contributed by atoms with Crippen molar-refractivity contribution in [1.29, 1.82) is 0 Å². The van der Waals surface area contributed by atoms with Crippen LogP contribution in [0.1, 0.15) is 24.2 Å². The molecule has 26 heavy (non-hydrogen) atoms. The van der Waals surface area contributed by atoms with Gasteiger partial charge >= 0.3 is 0 Å². The van der Waals surface area contributed by atoms with E-state index in [4.69, 9.17) is 16.0 Å². The molecule has 142 valence electrons. The van der Waals surface area contributed by atoms with Crippen molar-refractivity contribution < 1.29 is 21.3 Å². The molecule has 0 radical (unpaired) electrons.